The van der Waals surface area contributed by atoms with Crippen molar-refractivity contribution >= 4 is 23.4 Å². The smallest absolute Gasteiger partial charge is 0.237 e. The van der Waals surface area contributed by atoms with Gasteiger partial charge in [-0.1, -0.05) is 30.0 Å². The summed E-state index contributed by atoms with van der Waals surface area (Å²) in [6.45, 7) is 2.56. The molecule has 3 rings (SSSR count). The third-order valence-corrected chi connectivity index (χ3v) is 4.67. The van der Waals surface area contributed by atoms with Gasteiger partial charge in [-0.3, -0.25) is 4.79 Å². The van der Waals surface area contributed by atoms with Gasteiger partial charge in [0.2, 0.25) is 11.1 Å². The third-order valence-electron chi connectivity index (χ3n) is 3.77. The maximum Gasteiger partial charge on any atom is 0.237 e. The predicted octanol–water partition coefficient (Wildman–Crippen LogP) is 2.82. The Morgan fingerprint density at radius 2 is 1.88 bits per heavy atom. The van der Waals surface area contributed by atoms with E-state index in [2.05, 4.69) is 15.5 Å². The molecule has 1 heterocycles. The normalized spacial score (nSPS) is 10.5. The van der Waals surface area contributed by atoms with E-state index in [1.54, 1.807) is 16.7 Å². The fourth-order valence-corrected chi connectivity index (χ4v) is 3.24. The summed E-state index contributed by atoms with van der Waals surface area (Å²) in [5.41, 5.74) is 1.69. The van der Waals surface area contributed by atoms with Crippen LogP contribution >= 0.6 is 11.8 Å². The van der Waals surface area contributed by atoms with Gasteiger partial charge >= 0.3 is 0 Å². The van der Waals surface area contributed by atoms with Crippen molar-refractivity contribution in [3.05, 3.63) is 54.6 Å². The number of nitrogens with zero attached hydrogens (tertiary/aromatic N) is 5. The summed E-state index contributed by atoms with van der Waals surface area (Å²) in [5, 5.41) is 12.3. The van der Waals surface area contributed by atoms with Crippen LogP contribution in [0.25, 0.3) is 5.69 Å². The van der Waals surface area contributed by atoms with E-state index in [1.807, 2.05) is 61.5 Å². The standard InChI is InChI=1S/C18H19N5O2S/c1-3-22(14-7-5-4-6-8-14)17(24)13-26-18-19-20-21-23(18)15-9-11-16(25-2)12-10-15/h4-12H,3,13H2,1-2H3. The molecule has 1 aromatic heterocycles. The summed E-state index contributed by atoms with van der Waals surface area (Å²) in [4.78, 5) is 14.4. The second-order valence-corrected chi connectivity index (χ2v) is 6.28. The average Bonchev–Trinajstić information content (AvgIpc) is 3.16. The van der Waals surface area contributed by atoms with Gasteiger partial charge in [0.25, 0.3) is 0 Å². The molecule has 134 valence electrons. The first-order chi connectivity index (χ1) is 12.7. The Morgan fingerprint density at radius 3 is 2.54 bits per heavy atom. The van der Waals surface area contributed by atoms with Crippen molar-refractivity contribution in [3.8, 4) is 11.4 Å². The van der Waals surface area contributed by atoms with Crippen molar-refractivity contribution in [1.82, 2.24) is 20.2 Å². The SMILES string of the molecule is CCN(C(=O)CSc1nnnn1-c1ccc(OC)cc1)c1ccccc1. The molecule has 2 aromatic carbocycles. The lowest BCUT2D eigenvalue weighted by molar-refractivity contribution is -0.116. The molecular formula is C18H19N5O2S. The molecule has 1 amide bonds. The van der Waals surface area contributed by atoms with Gasteiger partial charge in [-0.15, -0.1) is 5.10 Å². The van der Waals surface area contributed by atoms with Gasteiger partial charge in [0.15, 0.2) is 0 Å². The van der Waals surface area contributed by atoms with Gasteiger partial charge in [-0.25, -0.2) is 0 Å². The minimum absolute atomic E-state index is 0.00739. The fraction of sp³-hybridized carbons (Fsp3) is 0.222. The molecule has 0 atom stereocenters. The molecule has 0 saturated carbocycles. The van der Waals surface area contributed by atoms with Gasteiger partial charge in [0, 0.05) is 12.2 Å². The van der Waals surface area contributed by atoms with Crippen LogP contribution in [0.4, 0.5) is 5.69 Å². The number of para-hydroxylation sites is 1. The number of tetrazole rings is 1. The zero-order chi connectivity index (χ0) is 18.4. The number of methoxy groups -OCH3 is 1. The van der Waals surface area contributed by atoms with Crippen LogP contribution in [0.3, 0.4) is 0 Å². The van der Waals surface area contributed by atoms with Gasteiger partial charge < -0.3 is 9.64 Å². The van der Waals surface area contributed by atoms with E-state index in [4.69, 9.17) is 4.74 Å². The van der Waals surface area contributed by atoms with Crippen LogP contribution in [0.2, 0.25) is 0 Å². The lowest BCUT2D eigenvalue weighted by Crippen LogP contribution is -2.32. The van der Waals surface area contributed by atoms with Gasteiger partial charge in [0.05, 0.1) is 18.6 Å². The quantitative estimate of drug-likeness (QED) is 0.596. The summed E-state index contributed by atoms with van der Waals surface area (Å²) in [6, 6.07) is 17.0. The topological polar surface area (TPSA) is 73.1 Å². The number of carbonyl (C=O) groups is 1. The molecular weight excluding hydrogens is 350 g/mol. The Morgan fingerprint density at radius 1 is 1.15 bits per heavy atom. The average molecular weight is 369 g/mol. The number of thioether (sulfide) groups is 1. The highest BCUT2D eigenvalue weighted by Crippen LogP contribution is 2.22. The molecule has 0 aliphatic carbocycles. The maximum atomic E-state index is 12.6. The highest BCUT2D eigenvalue weighted by Gasteiger charge is 2.17. The lowest BCUT2D eigenvalue weighted by atomic mass is 10.3. The number of hydrogen-bond donors (Lipinski definition) is 0. The van der Waals surface area contributed by atoms with E-state index in [9.17, 15) is 4.79 Å². The number of benzene rings is 2. The molecule has 0 unspecified atom stereocenters. The zero-order valence-corrected chi connectivity index (χ0v) is 15.4. The summed E-state index contributed by atoms with van der Waals surface area (Å²) in [7, 11) is 1.62. The molecule has 26 heavy (non-hydrogen) atoms. The molecule has 0 saturated heterocycles. The molecule has 0 aliphatic heterocycles. The number of rotatable bonds is 7. The highest BCUT2D eigenvalue weighted by molar-refractivity contribution is 7.99. The van der Waals surface area contributed by atoms with E-state index in [-0.39, 0.29) is 11.7 Å². The van der Waals surface area contributed by atoms with E-state index in [0.29, 0.717) is 11.7 Å². The molecule has 0 spiro atoms. The van der Waals surface area contributed by atoms with E-state index in [0.717, 1.165) is 17.1 Å². The number of amides is 1. The van der Waals surface area contributed by atoms with Crippen molar-refractivity contribution < 1.29 is 9.53 Å². The Balaban J connectivity index is 1.70. The van der Waals surface area contributed by atoms with Crippen molar-refractivity contribution in [2.45, 2.75) is 12.1 Å². The summed E-state index contributed by atoms with van der Waals surface area (Å²) < 4.78 is 6.77. The van der Waals surface area contributed by atoms with Gasteiger partial charge in [0.1, 0.15) is 5.75 Å². The van der Waals surface area contributed by atoms with Gasteiger partial charge in [-0.05, 0) is 53.7 Å². The van der Waals surface area contributed by atoms with Crippen LogP contribution < -0.4 is 9.64 Å². The number of ether oxygens (including phenoxy) is 1. The van der Waals surface area contributed by atoms with Gasteiger partial charge in [-0.2, -0.15) is 4.68 Å². The molecule has 7 nitrogen and oxygen atoms in total. The maximum absolute atomic E-state index is 12.6. The van der Waals surface area contributed by atoms with Crippen molar-refractivity contribution in [2.75, 3.05) is 24.3 Å². The van der Waals surface area contributed by atoms with Crippen LogP contribution in [-0.4, -0.2) is 45.5 Å². The number of hydrogen-bond acceptors (Lipinski definition) is 6. The van der Waals surface area contributed by atoms with Crippen LogP contribution in [-0.2, 0) is 4.79 Å². The first kappa shape index (κ1) is 17.9. The molecule has 8 heteroatoms. The fourth-order valence-electron chi connectivity index (χ4n) is 2.47. The van der Waals surface area contributed by atoms with Crippen LogP contribution in [0.1, 0.15) is 6.92 Å². The van der Waals surface area contributed by atoms with E-state index >= 15 is 0 Å². The minimum Gasteiger partial charge on any atom is -0.497 e. The molecule has 0 bridgehead atoms. The summed E-state index contributed by atoms with van der Waals surface area (Å²) in [5.74, 6) is 1.01. The number of aromatic nitrogens is 4. The lowest BCUT2D eigenvalue weighted by Gasteiger charge is -2.20. The Hall–Kier alpha value is -2.87. The first-order valence-electron chi connectivity index (χ1n) is 8.14. The predicted molar refractivity (Wildman–Crippen MR) is 101 cm³/mol. The van der Waals surface area contributed by atoms with E-state index < -0.39 is 0 Å². The minimum atomic E-state index is 0.00739. The second kappa shape index (κ2) is 8.48. The molecule has 0 fully saturated rings. The number of carbonyl (C=O) groups excluding carboxylic acids is 1. The number of anilines is 1. The first-order valence-corrected chi connectivity index (χ1v) is 9.12. The highest BCUT2D eigenvalue weighted by atomic mass is 32.2. The molecule has 3 aromatic rings. The Kier molecular flexibility index (Phi) is 5.85. The molecule has 0 N–H and O–H groups in total. The van der Waals surface area contributed by atoms with Crippen LogP contribution in [0.15, 0.2) is 59.8 Å². The third kappa shape index (κ3) is 4.02. The summed E-state index contributed by atoms with van der Waals surface area (Å²) in [6.07, 6.45) is 0. The second-order valence-electron chi connectivity index (χ2n) is 5.33. The molecule has 0 aliphatic rings. The monoisotopic (exact) mass is 369 g/mol. The summed E-state index contributed by atoms with van der Waals surface area (Å²) >= 11 is 1.31. The van der Waals surface area contributed by atoms with Crippen molar-refractivity contribution in [1.29, 1.82) is 0 Å². The Labute approximate surface area is 156 Å². The van der Waals surface area contributed by atoms with Crippen LogP contribution in [0.5, 0.6) is 5.75 Å². The largest absolute Gasteiger partial charge is 0.497 e. The van der Waals surface area contributed by atoms with Crippen molar-refractivity contribution in [2.24, 2.45) is 0 Å². The zero-order valence-electron chi connectivity index (χ0n) is 14.6. The van der Waals surface area contributed by atoms with E-state index in [1.165, 1.54) is 11.8 Å². The Bertz CT molecular complexity index is 852. The van der Waals surface area contributed by atoms with Crippen molar-refractivity contribution in [3.63, 3.8) is 0 Å². The van der Waals surface area contributed by atoms with Crippen LogP contribution in [0, 0.1) is 0 Å². The molecule has 0 radical (unpaired) electrons.